The zero-order valence-corrected chi connectivity index (χ0v) is 26.8. The van der Waals surface area contributed by atoms with Crippen molar-refractivity contribution in [2.45, 2.75) is 43.5 Å². The first kappa shape index (κ1) is 34.9. The van der Waals surface area contributed by atoms with Gasteiger partial charge in [0.05, 0.1) is 36.1 Å². The van der Waals surface area contributed by atoms with Gasteiger partial charge in [0.1, 0.15) is 11.9 Å². The van der Waals surface area contributed by atoms with Gasteiger partial charge in [-0.2, -0.15) is 13.2 Å². The number of nitrogens with zero attached hydrogens (tertiary/aromatic N) is 2. The van der Waals surface area contributed by atoms with Crippen molar-refractivity contribution in [2.75, 3.05) is 36.8 Å². The number of anilines is 2. The van der Waals surface area contributed by atoms with Gasteiger partial charge in [0.25, 0.3) is 10.0 Å². The first-order valence-electron chi connectivity index (χ1n) is 14.2. The summed E-state index contributed by atoms with van der Waals surface area (Å²) in [6.07, 6.45) is -5.34. The van der Waals surface area contributed by atoms with Crippen LogP contribution in [-0.2, 0) is 27.4 Å². The fourth-order valence-electron chi connectivity index (χ4n) is 4.85. The lowest BCUT2D eigenvalue weighted by Crippen LogP contribution is -2.48. The summed E-state index contributed by atoms with van der Waals surface area (Å²) < 4.78 is 73.6. The lowest BCUT2D eigenvalue weighted by molar-refractivity contribution is -0.137. The van der Waals surface area contributed by atoms with Gasteiger partial charge in [0.2, 0.25) is 5.91 Å². The zero-order valence-electron chi connectivity index (χ0n) is 25.2. The number of carbonyl (C=O) groups is 2. The molecule has 0 saturated heterocycles. The van der Waals surface area contributed by atoms with Gasteiger partial charge in [0.15, 0.2) is 0 Å². The highest BCUT2D eigenvalue weighted by molar-refractivity contribution is 7.92. The molecule has 3 N–H and O–H groups in total. The molecule has 3 atom stereocenters. The van der Waals surface area contributed by atoms with Gasteiger partial charge in [-0.1, -0.05) is 18.5 Å². The van der Waals surface area contributed by atoms with Crippen LogP contribution in [0.4, 0.5) is 29.3 Å². The summed E-state index contributed by atoms with van der Waals surface area (Å²) in [6, 6.07) is 13.1. The van der Waals surface area contributed by atoms with E-state index in [1.54, 1.807) is 6.92 Å². The van der Waals surface area contributed by atoms with Crippen LogP contribution < -0.4 is 14.8 Å². The van der Waals surface area contributed by atoms with Crippen LogP contribution in [0.5, 0.6) is 5.75 Å². The van der Waals surface area contributed by atoms with Crippen molar-refractivity contribution in [3.05, 3.63) is 82.9 Å². The number of alkyl halides is 3. The molecule has 0 bridgehead atoms. The zero-order chi connectivity index (χ0) is 33.8. The van der Waals surface area contributed by atoms with Crippen molar-refractivity contribution in [1.29, 1.82) is 0 Å². The Hall–Kier alpha value is -4.01. The molecule has 15 heteroatoms. The predicted octanol–water partition coefficient (Wildman–Crippen LogP) is 5.47. The Morgan fingerprint density at radius 3 is 2.35 bits per heavy atom. The van der Waals surface area contributed by atoms with Crippen LogP contribution in [-0.4, -0.2) is 74.2 Å². The third-order valence-corrected chi connectivity index (χ3v) is 9.21. The number of aliphatic hydroxyl groups is 1. The van der Waals surface area contributed by atoms with E-state index in [0.717, 1.165) is 24.3 Å². The molecule has 46 heavy (non-hydrogen) atoms. The van der Waals surface area contributed by atoms with Gasteiger partial charge in [-0.05, 0) is 73.7 Å². The molecule has 4 rings (SSSR count). The van der Waals surface area contributed by atoms with Gasteiger partial charge in [0, 0.05) is 41.5 Å². The lowest BCUT2D eigenvalue weighted by atomic mass is 10.0. The quantitative estimate of drug-likeness (QED) is 0.289. The molecule has 3 aromatic carbocycles. The van der Waals surface area contributed by atoms with E-state index in [0.29, 0.717) is 16.3 Å². The maximum atomic E-state index is 13.5. The Bertz CT molecular complexity index is 1660. The molecular formula is C31H34ClF3N4O6S. The summed E-state index contributed by atoms with van der Waals surface area (Å²) in [5.41, 5.74) is -0.112. The topological polar surface area (TPSA) is 128 Å². The molecule has 3 amide bonds. The minimum Gasteiger partial charge on any atom is -0.488 e. The van der Waals surface area contributed by atoms with Gasteiger partial charge < -0.3 is 25.0 Å². The van der Waals surface area contributed by atoms with E-state index >= 15 is 0 Å². The number of aliphatic hydroxyl groups excluding tert-OH is 1. The normalized spacial score (nSPS) is 17.9. The molecular weight excluding hydrogens is 649 g/mol. The van der Waals surface area contributed by atoms with Crippen LogP contribution in [0.3, 0.4) is 0 Å². The number of hydrogen-bond donors (Lipinski definition) is 3. The highest BCUT2D eigenvalue weighted by atomic mass is 35.5. The first-order chi connectivity index (χ1) is 21.6. The van der Waals surface area contributed by atoms with E-state index in [2.05, 4.69) is 10.0 Å². The highest BCUT2D eigenvalue weighted by Gasteiger charge is 2.33. The number of benzene rings is 3. The van der Waals surface area contributed by atoms with Crippen LogP contribution in [0.25, 0.3) is 0 Å². The number of halogens is 4. The number of ether oxygens (including phenoxy) is 1. The number of rotatable bonds is 8. The second-order valence-corrected chi connectivity index (χ2v) is 13.3. The molecule has 0 saturated carbocycles. The van der Waals surface area contributed by atoms with E-state index in [-0.39, 0.29) is 54.2 Å². The molecule has 0 spiro atoms. The van der Waals surface area contributed by atoms with E-state index in [9.17, 15) is 36.3 Å². The summed E-state index contributed by atoms with van der Waals surface area (Å²) in [5.74, 6) is -0.368. The highest BCUT2D eigenvalue weighted by Crippen LogP contribution is 2.31. The van der Waals surface area contributed by atoms with Crippen molar-refractivity contribution in [1.82, 2.24) is 9.80 Å². The second-order valence-electron chi connectivity index (χ2n) is 11.2. The Kier molecular flexibility index (Phi) is 10.7. The maximum absolute atomic E-state index is 13.5. The number of fused-ring (bicyclic) bond motifs is 1. The van der Waals surface area contributed by atoms with E-state index in [1.165, 1.54) is 59.3 Å². The largest absolute Gasteiger partial charge is 0.488 e. The van der Waals surface area contributed by atoms with Crippen LogP contribution in [0.1, 0.15) is 25.0 Å². The molecule has 0 aromatic heterocycles. The molecule has 0 fully saturated rings. The second kappa shape index (κ2) is 14.2. The molecule has 1 aliphatic rings. The Balaban J connectivity index is 1.58. The van der Waals surface area contributed by atoms with Crippen molar-refractivity contribution in [2.24, 2.45) is 5.92 Å². The number of amides is 3. The van der Waals surface area contributed by atoms with E-state index in [4.69, 9.17) is 16.3 Å². The Labute approximate surface area is 270 Å². The first-order valence-corrected chi connectivity index (χ1v) is 16.1. The summed E-state index contributed by atoms with van der Waals surface area (Å²) in [4.78, 5) is 29.3. The number of likely N-dealkylation sites (N-methyl/N-ethyl adjacent to an activating group) is 1. The third kappa shape index (κ3) is 8.62. The van der Waals surface area contributed by atoms with Crippen molar-refractivity contribution >= 4 is 44.9 Å². The fourth-order valence-corrected chi connectivity index (χ4v) is 6.03. The molecule has 1 heterocycles. The standard InChI is InChI=1S/C31H34ClF3N4O6S/c1-19-16-39(20(2)18-40)29(41)15-21-14-25(37-46(43,44)26-11-6-23(32)7-12-26)10-13-27(21)45-28(19)17-38(3)30(42)36-24-8-4-22(5-9-24)31(33,34)35/h4-14,19-20,28,37,40H,15-18H2,1-3H3,(H,36,42)/t19-,20+,28-/m0/s1. The Morgan fingerprint density at radius 2 is 1.74 bits per heavy atom. The average Bonchev–Trinajstić information content (AvgIpc) is 3.04. The minimum absolute atomic E-state index is 0.0118. The predicted molar refractivity (Wildman–Crippen MR) is 167 cm³/mol. The summed E-state index contributed by atoms with van der Waals surface area (Å²) in [5, 5.41) is 12.8. The van der Waals surface area contributed by atoms with Gasteiger partial charge in [-0.25, -0.2) is 13.2 Å². The van der Waals surface area contributed by atoms with Gasteiger partial charge in [-0.3, -0.25) is 9.52 Å². The number of nitrogens with one attached hydrogen (secondary N) is 2. The average molecular weight is 683 g/mol. The monoisotopic (exact) mass is 682 g/mol. The van der Waals surface area contributed by atoms with Crippen molar-refractivity contribution in [3.63, 3.8) is 0 Å². The van der Waals surface area contributed by atoms with Crippen LogP contribution in [0.2, 0.25) is 5.02 Å². The lowest BCUT2D eigenvalue weighted by Gasteiger charge is -2.34. The van der Waals surface area contributed by atoms with E-state index < -0.39 is 39.9 Å². The molecule has 248 valence electrons. The van der Waals surface area contributed by atoms with Gasteiger partial charge in [-0.15, -0.1) is 0 Å². The van der Waals surface area contributed by atoms with E-state index in [1.807, 2.05) is 6.92 Å². The number of carbonyl (C=O) groups excluding carboxylic acids is 2. The number of urea groups is 1. The molecule has 0 aliphatic carbocycles. The molecule has 1 aliphatic heterocycles. The summed E-state index contributed by atoms with van der Waals surface area (Å²) in [6.45, 7) is 3.43. The van der Waals surface area contributed by atoms with Crippen LogP contribution >= 0.6 is 11.6 Å². The fraction of sp³-hybridized carbons (Fsp3) is 0.355. The molecule has 0 radical (unpaired) electrons. The molecule has 0 unspecified atom stereocenters. The maximum Gasteiger partial charge on any atom is 0.416 e. The molecule has 3 aromatic rings. The summed E-state index contributed by atoms with van der Waals surface area (Å²) >= 11 is 5.89. The van der Waals surface area contributed by atoms with Crippen molar-refractivity contribution in [3.8, 4) is 5.75 Å². The van der Waals surface area contributed by atoms with Crippen LogP contribution in [0.15, 0.2) is 71.6 Å². The molecule has 10 nitrogen and oxygen atoms in total. The third-order valence-electron chi connectivity index (χ3n) is 7.56. The van der Waals surface area contributed by atoms with Crippen molar-refractivity contribution < 1.29 is 41.0 Å². The van der Waals surface area contributed by atoms with Crippen LogP contribution in [0, 0.1) is 5.92 Å². The van der Waals surface area contributed by atoms with Gasteiger partial charge >= 0.3 is 12.2 Å². The summed E-state index contributed by atoms with van der Waals surface area (Å²) in [7, 11) is -2.49. The number of hydrogen-bond acceptors (Lipinski definition) is 6. The smallest absolute Gasteiger partial charge is 0.416 e. The number of sulfonamides is 1. The SMILES string of the molecule is C[C@H](CO)N1C[C@H](C)[C@H](CN(C)C(=O)Nc2ccc(C(F)(F)F)cc2)Oc2ccc(NS(=O)(=O)c3ccc(Cl)cc3)cc2CC1=O. The Morgan fingerprint density at radius 1 is 1.11 bits per heavy atom. The minimum atomic E-state index is -4.51.